The van der Waals surface area contributed by atoms with Crippen LogP contribution in [0.4, 0.5) is 0 Å². The highest BCUT2D eigenvalue weighted by molar-refractivity contribution is 8.03. The van der Waals surface area contributed by atoms with E-state index in [2.05, 4.69) is 42.0 Å². The summed E-state index contributed by atoms with van der Waals surface area (Å²) in [5.41, 5.74) is 1.11. The molecule has 1 amide bonds. The summed E-state index contributed by atoms with van der Waals surface area (Å²) in [4.78, 5) is 13.5. The molecule has 0 saturated carbocycles. The number of thioether (sulfide) groups is 2. The SMILES string of the molecule is C=C(C)CSc1nnc(SCC(=O)NC(c2cccs2)C(C)C)s1. The molecule has 4 nitrogen and oxygen atoms in total. The zero-order valence-corrected chi connectivity index (χ0v) is 17.2. The van der Waals surface area contributed by atoms with Crippen molar-refractivity contribution in [2.24, 2.45) is 5.92 Å². The van der Waals surface area contributed by atoms with Crippen molar-refractivity contribution in [1.82, 2.24) is 15.5 Å². The Labute approximate surface area is 159 Å². The van der Waals surface area contributed by atoms with Gasteiger partial charge in [0, 0.05) is 10.6 Å². The van der Waals surface area contributed by atoms with Gasteiger partial charge in [-0.15, -0.1) is 21.5 Å². The molecule has 0 aliphatic heterocycles. The first-order valence-corrected chi connectivity index (χ1v) is 11.2. The van der Waals surface area contributed by atoms with Gasteiger partial charge < -0.3 is 5.32 Å². The fourth-order valence-corrected chi connectivity index (χ4v) is 5.50. The van der Waals surface area contributed by atoms with Crippen molar-refractivity contribution in [2.75, 3.05) is 11.5 Å². The largest absolute Gasteiger partial charge is 0.347 e. The van der Waals surface area contributed by atoms with Crippen molar-refractivity contribution in [2.45, 2.75) is 35.5 Å². The van der Waals surface area contributed by atoms with Crippen LogP contribution in [0, 0.1) is 5.92 Å². The molecule has 1 unspecified atom stereocenters. The maximum Gasteiger partial charge on any atom is 0.230 e. The lowest BCUT2D eigenvalue weighted by Crippen LogP contribution is -2.32. The van der Waals surface area contributed by atoms with E-state index in [0.717, 1.165) is 20.0 Å². The van der Waals surface area contributed by atoms with Crippen LogP contribution in [-0.4, -0.2) is 27.6 Å². The van der Waals surface area contributed by atoms with E-state index < -0.39 is 0 Å². The molecule has 2 aromatic rings. The van der Waals surface area contributed by atoms with E-state index in [1.807, 2.05) is 18.4 Å². The van der Waals surface area contributed by atoms with Crippen LogP contribution in [0.1, 0.15) is 31.7 Å². The normalized spacial score (nSPS) is 12.3. The Balaban J connectivity index is 1.83. The van der Waals surface area contributed by atoms with Gasteiger partial charge in [0.25, 0.3) is 0 Å². The predicted octanol–water partition coefficient (Wildman–Crippen LogP) is 4.87. The van der Waals surface area contributed by atoms with Gasteiger partial charge in [0.1, 0.15) is 0 Å². The van der Waals surface area contributed by atoms with E-state index in [1.165, 1.54) is 28.0 Å². The molecule has 0 fully saturated rings. The lowest BCUT2D eigenvalue weighted by molar-refractivity contribution is -0.119. The summed E-state index contributed by atoms with van der Waals surface area (Å²) in [7, 11) is 0. The molecule has 0 aliphatic rings. The van der Waals surface area contributed by atoms with Gasteiger partial charge in [0.2, 0.25) is 5.91 Å². The van der Waals surface area contributed by atoms with Gasteiger partial charge in [0.15, 0.2) is 8.68 Å². The Bertz CT molecular complexity index is 667. The molecule has 2 heterocycles. The third-order valence-corrected chi connectivity index (χ3v) is 7.37. The zero-order chi connectivity index (χ0) is 17.5. The predicted molar refractivity (Wildman–Crippen MR) is 106 cm³/mol. The highest BCUT2D eigenvalue weighted by Gasteiger charge is 2.19. The second-order valence-corrected chi connectivity index (χ2v) is 10.1. The number of carbonyl (C=O) groups excluding carboxylic acids is 1. The van der Waals surface area contributed by atoms with E-state index in [4.69, 9.17) is 0 Å². The van der Waals surface area contributed by atoms with E-state index >= 15 is 0 Å². The van der Waals surface area contributed by atoms with Crippen LogP contribution in [0.5, 0.6) is 0 Å². The third kappa shape index (κ3) is 6.23. The first kappa shape index (κ1) is 19.5. The van der Waals surface area contributed by atoms with Crippen LogP contribution in [0.25, 0.3) is 0 Å². The molecule has 0 aromatic carbocycles. The number of hydrogen-bond acceptors (Lipinski definition) is 7. The monoisotopic (exact) mass is 399 g/mol. The van der Waals surface area contributed by atoms with E-state index in [9.17, 15) is 4.79 Å². The molecule has 2 aromatic heterocycles. The van der Waals surface area contributed by atoms with Crippen molar-refractivity contribution in [3.05, 3.63) is 34.5 Å². The molecule has 1 N–H and O–H groups in total. The summed E-state index contributed by atoms with van der Waals surface area (Å²) < 4.78 is 1.74. The van der Waals surface area contributed by atoms with E-state index in [1.54, 1.807) is 23.1 Å². The van der Waals surface area contributed by atoms with Gasteiger partial charge in [-0.25, -0.2) is 0 Å². The molecular formula is C16H21N3OS4. The van der Waals surface area contributed by atoms with Crippen LogP contribution in [0.3, 0.4) is 0 Å². The number of rotatable bonds is 9. The molecule has 130 valence electrons. The number of hydrogen-bond donors (Lipinski definition) is 1. The Morgan fingerprint density at radius 1 is 1.29 bits per heavy atom. The molecule has 0 spiro atoms. The van der Waals surface area contributed by atoms with Gasteiger partial charge in [0.05, 0.1) is 11.8 Å². The average Bonchev–Trinajstić information content (AvgIpc) is 3.19. The molecule has 2 rings (SSSR count). The topological polar surface area (TPSA) is 54.9 Å². The average molecular weight is 400 g/mol. The van der Waals surface area contributed by atoms with Crippen LogP contribution in [0.15, 0.2) is 38.3 Å². The Morgan fingerprint density at radius 2 is 1.96 bits per heavy atom. The van der Waals surface area contributed by atoms with Crippen LogP contribution in [-0.2, 0) is 4.79 Å². The van der Waals surface area contributed by atoms with Gasteiger partial charge in [-0.1, -0.05) is 66.9 Å². The Morgan fingerprint density at radius 3 is 2.50 bits per heavy atom. The minimum Gasteiger partial charge on any atom is -0.347 e. The molecule has 0 aliphatic carbocycles. The summed E-state index contributed by atoms with van der Waals surface area (Å²) in [5, 5.41) is 13.4. The van der Waals surface area contributed by atoms with Crippen molar-refractivity contribution < 1.29 is 4.79 Å². The molecule has 0 bridgehead atoms. The van der Waals surface area contributed by atoms with Crippen LogP contribution < -0.4 is 5.32 Å². The van der Waals surface area contributed by atoms with Crippen LogP contribution >= 0.6 is 46.2 Å². The molecule has 8 heteroatoms. The lowest BCUT2D eigenvalue weighted by atomic mass is 10.0. The van der Waals surface area contributed by atoms with Crippen LogP contribution in [0.2, 0.25) is 0 Å². The maximum absolute atomic E-state index is 12.3. The van der Waals surface area contributed by atoms with Gasteiger partial charge in [-0.2, -0.15) is 0 Å². The van der Waals surface area contributed by atoms with Gasteiger partial charge >= 0.3 is 0 Å². The quantitative estimate of drug-likeness (QED) is 0.481. The number of aromatic nitrogens is 2. The summed E-state index contributed by atoms with van der Waals surface area (Å²) in [6, 6.07) is 4.15. The summed E-state index contributed by atoms with van der Waals surface area (Å²) in [6.07, 6.45) is 0. The van der Waals surface area contributed by atoms with E-state index in [-0.39, 0.29) is 11.9 Å². The number of nitrogens with zero attached hydrogens (tertiary/aromatic N) is 2. The Kier molecular flexibility index (Phi) is 7.80. The smallest absolute Gasteiger partial charge is 0.230 e. The molecule has 0 saturated heterocycles. The fraction of sp³-hybridized carbons (Fsp3) is 0.438. The third-order valence-electron chi connectivity index (χ3n) is 2.99. The van der Waals surface area contributed by atoms with Gasteiger partial charge in [-0.3, -0.25) is 4.79 Å². The number of amides is 1. The molecule has 1 atom stereocenters. The van der Waals surface area contributed by atoms with Crippen molar-refractivity contribution in [3.63, 3.8) is 0 Å². The first-order chi connectivity index (χ1) is 11.5. The number of carbonyl (C=O) groups is 1. The first-order valence-electron chi connectivity index (χ1n) is 7.52. The molecule has 24 heavy (non-hydrogen) atoms. The van der Waals surface area contributed by atoms with Crippen molar-refractivity contribution >= 4 is 52.1 Å². The summed E-state index contributed by atoms with van der Waals surface area (Å²) in [5.74, 6) is 1.58. The summed E-state index contributed by atoms with van der Waals surface area (Å²) in [6.45, 7) is 10.1. The maximum atomic E-state index is 12.3. The number of nitrogens with one attached hydrogen (secondary N) is 1. The minimum absolute atomic E-state index is 0.0263. The lowest BCUT2D eigenvalue weighted by Gasteiger charge is -2.21. The second kappa shape index (κ2) is 9.60. The minimum atomic E-state index is 0.0263. The number of thiophene rings is 1. The Hall–Kier alpha value is -0.830. The standard InChI is InChI=1S/C16H21N3OS4/c1-10(2)8-22-15-18-19-16(24-15)23-9-13(20)17-14(11(3)4)12-6-5-7-21-12/h5-7,11,14H,1,8-9H2,2-4H3,(H,17,20). The highest BCUT2D eigenvalue weighted by Crippen LogP contribution is 2.30. The highest BCUT2D eigenvalue weighted by atomic mass is 32.2. The second-order valence-electron chi connectivity index (χ2n) is 5.67. The van der Waals surface area contributed by atoms with Crippen molar-refractivity contribution in [1.29, 1.82) is 0 Å². The molecule has 0 radical (unpaired) electrons. The zero-order valence-electron chi connectivity index (χ0n) is 13.9. The fourth-order valence-electron chi connectivity index (χ4n) is 1.88. The van der Waals surface area contributed by atoms with Gasteiger partial charge in [-0.05, 0) is 24.3 Å². The summed E-state index contributed by atoms with van der Waals surface area (Å²) >= 11 is 6.26. The van der Waals surface area contributed by atoms with E-state index in [0.29, 0.717) is 11.7 Å². The molecular weight excluding hydrogens is 378 g/mol. The van der Waals surface area contributed by atoms with Crippen molar-refractivity contribution in [3.8, 4) is 0 Å².